The smallest absolute Gasteiger partial charge is 0.272 e. The van der Waals surface area contributed by atoms with Crippen LogP contribution in [0.4, 0.5) is 0 Å². The van der Waals surface area contributed by atoms with Gasteiger partial charge in [-0.1, -0.05) is 0 Å². The molecule has 5 nitrogen and oxygen atoms in total. The third kappa shape index (κ3) is 2.18. The van der Waals surface area contributed by atoms with Crippen LogP contribution in [0.25, 0.3) is 0 Å². The van der Waals surface area contributed by atoms with E-state index in [0.717, 1.165) is 38.6 Å². The monoisotopic (exact) mass is 288 g/mol. The Morgan fingerprint density at radius 3 is 2.71 bits per heavy atom. The van der Waals surface area contributed by atoms with E-state index in [-0.39, 0.29) is 17.0 Å². The highest BCUT2D eigenvalue weighted by Gasteiger charge is 2.56. The van der Waals surface area contributed by atoms with Crippen molar-refractivity contribution in [2.45, 2.75) is 63.1 Å². The minimum Gasteiger partial charge on any atom is -0.345 e. The summed E-state index contributed by atoms with van der Waals surface area (Å²) in [7, 11) is 0. The van der Waals surface area contributed by atoms with Gasteiger partial charge in [-0.15, -0.1) is 0 Å². The van der Waals surface area contributed by atoms with Gasteiger partial charge in [0.25, 0.3) is 5.91 Å². The molecule has 1 aromatic rings. The van der Waals surface area contributed by atoms with Gasteiger partial charge in [-0.25, -0.2) is 0 Å². The average Bonchev–Trinajstić information content (AvgIpc) is 2.83. The van der Waals surface area contributed by atoms with Gasteiger partial charge in [0.05, 0.1) is 0 Å². The molecule has 21 heavy (non-hydrogen) atoms. The Bertz CT molecular complexity index is 565. The molecule has 4 fully saturated rings. The molecule has 2 atom stereocenters. The third-order valence-corrected chi connectivity index (χ3v) is 5.68. The van der Waals surface area contributed by atoms with Crippen molar-refractivity contribution in [1.29, 1.82) is 0 Å². The molecule has 5 heteroatoms. The van der Waals surface area contributed by atoms with E-state index in [1.165, 1.54) is 6.42 Å². The van der Waals surface area contributed by atoms with Gasteiger partial charge < -0.3 is 11.1 Å². The van der Waals surface area contributed by atoms with E-state index in [1.807, 2.05) is 13.1 Å². The third-order valence-electron chi connectivity index (χ3n) is 5.68. The zero-order valence-electron chi connectivity index (χ0n) is 12.6. The predicted octanol–water partition coefficient (Wildman–Crippen LogP) is 1.68. The predicted molar refractivity (Wildman–Crippen MR) is 79.7 cm³/mol. The molecule has 1 aromatic heterocycles. The first-order chi connectivity index (χ1) is 9.99. The second-order valence-electron chi connectivity index (χ2n) is 7.61. The van der Waals surface area contributed by atoms with Crippen LogP contribution >= 0.6 is 0 Å². The van der Waals surface area contributed by atoms with Crippen LogP contribution in [0.15, 0.2) is 12.3 Å². The topological polar surface area (TPSA) is 72.9 Å². The first-order valence-electron chi connectivity index (χ1n) is 8.14. The Kier molecular flexibility index (Phi) is 2.74. The summed E-state index contributed by atoms with van der Waals surface area (Å²) in [5.41, 5.74) is 6.98. The SMILES string of the molecule is CCn1ccc(C(=O)NC23CC4CC(CC(N)(C4)C2)C3)n1. The molecule has 1 amide bonds. The number of aryl methyl sites for hydroxylation is 1. The molecule has 0 aromatic carbocycles. The highest BCUT2D eigenvalue weighted by molar-refractivity contribution is 5.92. The van der Waals surface area contributed by atoms with E-state index in [4.69, 9.17) is 5.73 Å². The van der Waals surface area contributed by atoms with Gasteiger partial charge in [0.2, 0.25) is 0 Å². The Balaban J connectivity index is 1.55. The van der Waals surface area contributed by atoms with Gasteiger partial charge in [0.1, 0.15) is 5.69 Å². The Labute approximate surface area is 125 Å². The summed E-state index contributed by atoms with van der Waals surface area (Å²) in [5, 5.41) is 7.63. The largest absolute Gasteiger partial charge is 0.345 e. The lowest BCUT2D eigenvalue weighted by atomic mass is 9.50. The number of aromatic nitrogens is 2. The van der Waals surface area contributed by atoms with Gasteiger partial charge in [-0.3, -0.25) is 9.48 Å². The van der Waals surface area contributed by atoms with Gasteiger partial charge in [-0.2, -0.15) is 5.10 Å². The molecule has 3 N–H and O–H groups in total. The van der Waals surface area contributed by atoms with Crippen LogP contribution in [0, 0.1) is 11.8 Å². The summed E-state index contributed by atoms with van der Waals surface area (Å²) >= 11 is 0. The molecule has 4 aliphatic rings. The van der Waals surface area contributed by atoms with E-state index in [1.54, 1.807) is 10.7 Å². The van der Waals surface area contributed by atoms with Crippen molar-refractivity contribution in [3.8, 4) is 0 Å². The minimum atomic E-state index is -0.0775. The number of hydrogen-bond donors (Lipinski definition) is 2. The number of rotatable bonds is 3. The maximum atomic E-state index is 12.5. The fourth-order valence-electron chi connectivity index (χ4n) is 5.44. The molecule has 5 rings (SSSR count). The molecule has 0 saturated heterocycles. The summed E-state index contributed by atoms with van der Waals surface area (Å²) in [6.07, 6.45) is 8.59. The second kappa shape index (κ2) is 4.32. The Morgan fingerprint density at radius 1 is 1.43 bits per heavy atom. The van der Waals surface area contributed by atoms with Crippen molar-refractivity contribution >= 4 is 5.91 Å². The van der Waals surface area contributed by atoms with E-state index >= 15 is 0 Å². The van der Waals surface area contributed by atoms with Crippen molar-refractivity contribution < 1.29 is 4.79 Å². The maximum Gasteiger partial charge on any atom is 0.272 e. The second-order valence-corrected chi connectivity index (χ2v) is 7.61. The molecular weight excluding hydrogens is 264 g/mol. The summed E-state index contributed by atoms with van der Waals surface area (Å²) in [4.78, 5) is 12.5. The molecule has 4 aliphatic carbocycles. The fraction of sp³-hybridized carbons (Fsp3) is 0.750. The summed E-state index contributed by atoms with van der Waals surface area (Å²) < 4.78 is 1.79. The zero-order chi connectivity index (χ0) is 14.7. The molecular formula is C16H24N4O. The van der Waals surface area contributed by atoms with Crippen LogP contribution < -0.4 is 11.1 Å². The van der Waals surface area contributed by atoms with Crippen LogP contribution in [-0.2, 0) is 6.54 Å². The number of hydrogen-bond acceptors (Lipinski definition) is 3. The van der Waals surface area contributed by atoms with E-state index in [9.17, 15) is 4.79 Å². The van der Waals surface area contributed by atoms with Crippen molar-refractivity contribution in [2.24, 2.45) is 17.6 Å². The molecule has 4 saturated carbocycles. The molecule has 4 bridgehead atoms. The highest BCUT2D eigenvalue weighted by Crippen LogP contribution is 2.56. The molecule has 0 radical (unpaired) electrons. The van der Waals surface area contributed by atoms with Crippen LogP contribution in [0.3, 0.4) is 0 Å². The van der Waals surface area contributed by atoms with Gasteiger partial charge in [-0.05, 0) is 63.4 Å². The van der Waals surface area contributed by atoms with Crippen molar-refractivity contribution in [1.82, 2.24) is 15.1 Å². The normalized spacial score (nSPS) is 40.5. The Morgan fingerprint density at radius 2 is 2.14 bits per heavy atom. The van der Waals surface area contributed by atoms with Crippen LogP contribution in [0.1, 0.15) is 55.9 Å². The quantitative estimate of drug-likeness (QED) is 0.889. The van der Waals surface area contributed by atoms with Gasteiger partial charge in [0.15, 0.2) is 0 Å². The van der Waals surface area contributed by atoms with Crippen LogP contribution in [0.5, 0.6) is 0 Å². The number of carbonyl (C=O) groups excluding carboxylic acids is 1. The summed E-state index contributed by atoms with van der Waals surface area (Å²) in [6.45, 7) is 2.81. The van der Waals surface area contributed by atoms with Crippen LogP contribution in [-0.4, -0.2) is 26.8 Å². The first-order valence-corrected chi connectivity index (χ1v) is 8.14. The summed E-state index contributed by atoms with van der Waals surface area (Å²) in [6, 6.07) is 1.80. The van der Waals surface area contributed by atoms with Gasteiger partial charge >= 0.3 is 0 Å². The number of nitrogens with one attached hydrogen (secondary N) is 1. The lowest BCUT2D eigenvalue weighted by Gasteiger charge is -2.61. The molecule has 114 valence electrons. The lowest BCUT2D eigenvalue weighted by molar-refractivity contribution is -0.0321. The number of carbonyl (C=O) groups is 1. The summed E-state index contributed by atoms with van der Waals surface area (Å²) in [5.74, 6) is 1.36. The standard InChI is InChI=1S/C16H24N4O/c1-2-20-4-3-13(19-20)14(21)18-16-8-11-5-12(9-16)7-15(17,6-11)10-16/h3-4,11-12H,2,5-10,17H2,1H3,(H,18,21). The van der Waals surface area contributed by atoms with Gasteiger partial charge in [0, 0.05) is 23.8 Å². The molecule has 0 spiro atoms. The van der Waals surface area contributed by atoms with E-state index in [2.05, 4.69) is 10.4 Å². The van der Waals surface area contributed by atoms with Crippen molar-refractivity contribution in [3.63, 3.8) is 0 Å². The maximum absolute atomic E-state index is 12.5. The number of nitrogens with two attached hydrogens (primary N) is 1. The highest BCUT2D eigenvalue weighted by atomic mass is 16.2. The number of nitrogens with zero attached hydrogens (tertiary/aromatic N) is 2. The molecule has 2 unspecified atom stereocenters. The fourth-order valence-corrected chi connectivity index (χ4v) is 5.44. The molecule has 0 aliphatic heterocycles. The lowest BCUT2D eigenvalue weighted by Crippen LogP contribution is -2.68. The average molecular weight is 288 g/mol. The zero-order valence-corrected chi connectivity index (χ0v) is 12.6. The number of amides is 1. The van der Waals surface area contributed by atoms with Crippen molar-refractivity contribution in [3.05, 3.63) is 18.0 Å². The van der Waals surface area contributed by atoms with E-state index in [0.29, 0.717) is 17.5 Å². The van der Waals surface area contributed by atoms with E-state index < -0.39 is 0 Å². The van der Waals surface area contributed by atoms with Crippen molar-refractivity contribution in [2.75, 3.05) is 0 Å². The van der Waals surface area contributed by atoms with Crippen LogP contribution in [0.2, 0.25) is 0 Å². The first kappa shape index (κ1) is 13.3. The molecule has 1 heterocycles. The minimum absolute atomic E-state index is 0.0345. The Hall–Kier alpha value is -1.36.